The quantitative estimate of drug-likeness (QED) is 0.318. The summed E-state index contributed by atoms with van der Waals surface area (Å²) in [6.45, 7) is 2.13. The van der Waals surface area contributed by atoms with E-state index in [2.05, 4.69) is 22.9 Å². The van der Waals surface area contributed by atoms with E-state index < -0.39 is 0 Å². The topological polar surface area (TPSA) is 17.1 Å². The monoisotopic (exact) mass is 362 g/mol. The van der Waals surface area contributed by atoms with Gasteiger partial charge in [0.15, 0.2) is 0 Å². The van der Waals surface area contributed by atoms with Gasteiger partial charge in [0.1, 0.15) is 5.78 Å². The molecule has 0 amide bonds. The Hall–Kier alpha value is -0.631. The van der Waals surface area contributed by atoms with Crippen LogP contribution in [0.25, 0.3) is 0 Å². The van der Waals surface area contributed by atoms with Crippen molar-refractivity contribution in [3.05, 3.63) is 60.2 Å². The molecule has 2 rings (SSSR count). The van der Waals surface area contributed by atoms with Gasteiger partial charge in [0.05, 0.1) is 4.83 Å². The fourth-order valence-corrected chi connectivity index (χ4v) is 2.14. The Morgan fingerprint density at radius 2 is 1.63 bits per heavy atom. The van der Waals surface area contributed by atoms with Gasteiger partial charge >= 0.3 is 0 Å². The molecule has 0 saturated heterocycles. The molecule has 0 saturated carbocycles. The van der Waals surface area contributed by atoms with Crippen molar-refractivity contribution in [3.63, 3.8) is 0 Å². The molecular formula is C16H19BrFeO-6. The Morgan fingerprint density at radius 1 is 1.16 bits per heavy atom. The maximum absolute atomic E-state index is 11.7. The summed E-state index contributed by atoms with van der Waals surface area (Å²) in [4.78, 5) is 11.7. The van der Waals surface area contributed by atoms with E-state index in [1.807, 2.05) is 54.6 Å². The van der Waals surface area contributed by atoms with Gasteiger partial charge in [0.2, 0.25) is 0 Å². The second kappa shape index (κ2) is 11.2. The number of ketones is 1. The SMILES string of the molecule is CCCCC(Br)C(=O)[c-]1cccc1.[Fe].[cH-]1[cH-][cH-][cH-][cH-]1. The van der Waals surface area contributed by atoms with Crippen LogP contribution in [0.3, 0.4) is 0 Å². The van der Waals surface area contributed by atoms with E-state index >= 15 is 0 Å². The van der Waals surface area contributed by atoms with Crippen molar-refractivity contribution < 1.29 is 21.9 Å². The van der Waals surface area contributed by atoms with Crippen LogP contribution >= 0.6 is 15.9 Å². The fourth-order valence-electron chi connectivity index (χ4n) is 1.55. The standard InChI is InChI=1S/C11H14BrO.C5H5.Fe/c1-2-3-8-10(12)11(13)9-6-4-5-7-9;1-2-4-5-3-1;/h4-7,10H,2-3,8H2,1H3;1-5H;/q-1;-5;. The van der Waals surface area contributed by atoms with Crippen molar-refractivity contribution in [2.75, 3.05) is 0 Å². The zero-order valence-electron chi connectivity index (χ0n) is 11.0. The van der Waals surface area contributed by atoms with E-state index in [0.717, 1.165) is 24.8 Å². The zero-order valence-corrected chi connectivity index (χ0v) is 13.7. The number of alkyl halides is 1. The Bertz CT molecular complexity index is 389. The van der Waals surface area contributed by atoms with E-state index in [1.165, 1.54) is 0 Å². The van der Waals surface area contributed by atoms with Gasteiger partial charge < -0.3 is 35.1 Å². The summed E-state index contributed by atoms with van der Waals surface area (Å²) in [5.41, 5.74) is 0.818. The first-order chi connectivity index (χ1) is 8.75. The molecule has 0 spiro atoms. The summed E-state index contributed by atoms with van der Waals surface area (Å²) in [5, 5.41) is 0. The summed E-state index contributed by atoms with van der Waals surface area (Å²) < 4.78 is 0. The normalized spacial score (nSPS) is 10.8. The molecule has 0 aliphatic rings. The molecule has 19 heavy (non-hydrogen) atoms. The van der Waals surface area contributed by atoms with E-state index in [9.17, 15) is 4.79 Å². The van der Waals surface area contributed by atoms with Crippen molar-refractivity contribution >= 4 is 21.7 Å². The number of unbranched alkanes of at least 4 members (excludes halogenated alkanes) is 1. The number of carbonyl (C=O) groups is 1. The minimum absolute atomic E-state index is 0. The maximum Gasteiger partial charge on any atom is 0.122 e. The smallest absolute Gasteiger partial charge is 0.122 e. The summed E-state index contributed by atoms with van der Waals surface area (Å²) in [6, 6.07) is 17.5. The number of Topliss-reactive ketones (excluding diaryl/α,β-unsaturated/α-hetero) is 1. The molecule has 0 radical (unpaired) electrons. The van der Waals surface area contributed by atoms with Gasteiger partial charge in [-0.1, -0.05) is 41.3 Å². The molecule has 2 aromatic rings. The Labute approximate surface area is 134 Å². The average molecular weight is 363 g/mol. The summed E-state index contributed by atoms with van der Waals surface area (Å²) >= 11 is 3.42. The molecule has 0 heterocycles. The molecule has 0 aliphatic carbocycles. The molecule has 1 nitrogen and oxygen atoms in total. The van der Waals surface area contributed by atoms with Gasteiger partial charge in [0.25, 0.3) is 0 Å². The van der Waals surface area contributed by atoms with Crippen LogP contribution in [0, 0.1) is 0 Å². The third-order valence-electron chi connectivity index (χ3n) is 2.60. The van der Waals surface area contributed by atoms with Crippen molar-refractivity contribution in [3.8, 4) is 0 Å². The van der Waals surface area contributed by atoms with Crippen LogP contribution < -0.4 is 0 Å². The first kappa shape index (κ1) is 18.4. The Balaban J connectivity index is 0.000000454. The molecule has 0 aliphatic heterocycles. The van der Waals surface area contributed by atoms with E-state index in [-0.39, 0.29) is 27.7 Å². The number of hydrogen-bond donors (Lipinski definition) is 0. The van der Waals surface area contributed by atoms with Crippen LogP contribution in [-0.4, -0.2) is 10.6 Å². The second-order valence-corrected chi connectivity index (χ2v) is 5.22. The molecule has 2 aromatic carbocycles. The fraction of sp³-hybridized carbons (Fsp3) is 0.312. The first-order valence-electron chi connectivity index (χ1n) is 6.32. The predicted molar refractivity (Wildman–Crippen MR) is 80.6 cm³/mol. The average Bonchev–Trinajstić information content (AvgIpc) is 3.08. The first-order valence-corrected chi connectivity index (χ1v) is 7.24. The van der Waals surface area contributed by atoms with Crippen LogP contribution in [0.2, 0.25) is 0 Å². The number of hydrogen-bond acceptors (Lipinski definition) is 1. The van der Waals surface area contributed by atoms with Crippen LogP contribution in [0.15, 0.2) is 54.6 Å². The molecule has 0 fully saturated rings. The van der Waals surface area contributed by atoms with Crippen molar-refractivity contribution in [2.24, 2.45) is 0 Å². The molecule has 0 aromatic heterocycles. The van der Waals surface area contributed by atoms with Crippen LogP contribution in [0.5, 0.6) is 0 Å². The molecule has 1 atom stereocenters. The number of rotatable bonds is 5. The number of halogens is 1. The Kier molecular flexibility index (Phi) is 10.8. The van der Waals surface area contributed by atoms with Crippen molar-refractivity contribution in [1.82, 2.24) is 0 Å². The largest absolute Gasteiger partial charge is 0.748 e. The van der Waals surface area contributed by atoms with Gasteiger partial charge in [0, 0.05) is 17.1 Å². The molecule has 0 bridgehead atoms. The van der Waals surface area contributed by atoms with Crippen molar-refractivity contribution in [1.29, 1.82) is 0 Å². The summed E-state index contributed by atoms with van der Waals surface area (Å²) in [6.07, 6.45) is 3.17. The minimum atomic E-state index is -0.00477. The summed E-state index contributed by atoms with van der Waals surface area (Å²) in [7, 11) is 0. The summed E-state index contributed by atoms with van der Waals surface area (Å²) in [5.74, 6) is 0.207. The molecule has 1 unspecified atom stereocenters. The second-order valence-electron chi connectivity index (χ2n) is 4.11. The molecule has 0 N–H and O–H groups in total. The van der Waals surface area contributed by atoms with Crippen LogP contribution in [0.1, 0.15) is 36.5 Å². The van der Waals surface area contributed by atoms with Crippen molar-refractivity contribution in [2.45, 2.75) is 31.0 Å². The third kappa shape index (κ3) is 7.51. The maximum atomic E-state index is 11.7. The van der Waals surface area contributed by atoms with Gasteiger partial charge in [-0.25, -0.2) is 12.1 Å². The van der Waals surface area contributed by atoms with E-state index in [0.29, 0.717) is 0 Å². The number of carbonyl (C=O) groups excluding carboxylic acids is 1. The van der Waals surface area contributed by atoms with E-state index in [4.69, 9.17) is 0 Å². The van der Waals surface area contributed by atoms with Gasteiger partial charge in [-0.2, -0.15) is 12.1 Å². The van der Waals surface area contributed by atoms with E-state index in [1.54, 1.807) is 0 Å². The molecular weight excluding hydrogens is 344 g/mol. The zero-order chi connectivity index (χ0) is 13.2. The van der Waals surface area contributed by atoms with Crippen LogP contribution in [-0.2, 0) is 17.1 Å². The Morgan fingerprint density at radius 3 is 2.05 bits per heavy atom. The minimum Gasteiger partial charge on any atom is -0.748 e. The third-order valence-corrected chi connectivity index (χ3v) is 3.47. The van der Waals surface area contributed by atoms with Gasteiger partial charge in [-0.05, 0) is 6.42 Å². The van der Waals surface area contributed by atoms with Gasteiger partial charge in [-0.15, -0.1) is 0 Å². The molecule has 110 valence electrons. The molecule has 3 heteroatoms. The predicted octanol–water partition coefficient (Wildman–Crippen LogP) is 4.94. The van der Waals surface area contributed by atoms with Crippen LogP contribution in [0.4, 0.5) is 0 Å². The van der Waals surface area contributed by atoms with Gasteiger partial charge in [-0.3, -0.25) is 0 Å².